The number of nitrogens with one attached hydrogen (secondary N) is 2. The summed E-state index contributed by atoms with van der Waals surface area (Å²) in [6.07, 6.45) is 4.42. The lowest BCUT2D eigenvalue weighted by Gasteiger charge is -2.32. The highest BCUT2D eigenvalue weighted by Crippen LogP contribution is 2.38. The third-order valence-corrected chi connectivity index (χ3v) is 4.71. The average Bonchev–Trinajstić information content (AvgIpc) is 3.27. The molecule has 0 radical (unpaired) electrons. The molecule has 1 aliphatic heterocycles. The van der Waals surface area contributed by atoms with Crippen LogP contribution in [0.4, 0.5) is 0 Å². The molecule has 138 valence electrons. The van der Waals surface area contributed by atoms with Crippen molar-refractivity contribution in [3.63, 3.8) is 0 Å². The Balaban J connectivity index is 1.87. The first-order chi connectivity index (χ1) is 12.4. The minimum atomic E-state index is -0.862. The van der Waals surface area contributed by atoms with Crippen molar-refractivity contribution in [1.29, 1.82) is 0 Å². The normalized spacial score (nSPS) is 17.0. The first kappa shape index (κ1) is 18.2. The number of aromatic amines is 1. The summed E-state index contributed by atoms with van der Waals surface area (Å²) in [5.74, 6) is -1.49. The number of pyridine rings is 1. The number of hydrogen-bond donors (Lipinski definition) is 3. The van der Waals surface area contributed by atoms with Crippen molar-refractivity contribution in [1.82, 2.24) is 30.9 Å². The lowest BCUT2D eigenvalue weighted by atomic mass is 9.71. The van der Waals surface area contributed by atoms with Gasteiger partial charge in [-0.2, -0.15) is 5.21 Å². The standard InChI is InChI=1S/C18H24N6O2/c1-18(2,3)15(17(25)26)13(16-21-23-24-22-16)8-11-4-5-14(20-9-11)12-6-7-19-10-12/h4-6,9,13,15,19H,7-8,10H2,1-3H3,(H,25,26)(H,21,22,23,24)/t13-,15-/m0/s1. The molecule has 2 aromatic rings. The van der Waals surface area contributed by atoms with E-state index in [4.69, 9.17) is 0 Å². The summed E-state index contributed by atoms with van der Waals surface area (Å²) in [7, 11) is 0. The van der Waals surface area contributed by atoms with Crippen LogP contribution in [0.5, 0.6) is 0 Å². The predicted molar refractivity (Wildman–Crippen MR) is 96.3 cm³/mol. The SMILES string of the molecule is CC(C)(C)[C@H](C(=O)O)[C@H](Cc1ccc(C2=CCNC2)nc1)c1nn[nH]n1. The van der Waals surface area contributed by atoms with Crippen molar-refractivity contribution in [3.8, 4) is 0 Å². The van der Waals surface area contributed by atoms with Crippen LogP contribution in [0, 0.1) is 11.3 Å². The zero-order chi connectivity index (χ0) is 18.7. The number of nitrogens with zero attached hydrogens (tertiary/aromatic N) is 4. The molecule has 3 rings (SSSR count). The van der Waals surface area contributed by atoms with Gasteiger partial charge >= 0.3 is 5.97 Å². The van der Waals surface area contributed by atoms with Crippen molar-refractivity contribution in [2.24, 2.45) is 11.3 Å². The molecule has 3 heterocycles. The molecule has 8 heteroatoms. The molecule has 2 atom stereocenters. The van der Waals surface area contributed by atoms with Crippen LogP contribution in [0.3, 0.4) is 0 Å². The highest BCUT2D eigenvalue weighted by Gasteiger charge is 2.41. The zero-order valence-corrected chi connectivity index (χ0v) is 15.2. The number of aliphatic carboxylic acids is 1. The number of hydrogen-bond acceptors (Lipinski definition) is 6. The Bertz CT molecular complexity index is 777. The fourth-order valence-electron chi connectivity index (χ4n) is 3.49. The monoisotopic (exact) mass is 356 g/mol. The van der Waals surface area contributed by atoms with E-state index in [9.17, 15) is 9.90 Å². The van der Waals surface area contributed by atoms with Crippen LogP contribution in [-0.2, 0) is 11.2 Å². The molecule has 0 bridgehead atoms. The number of carboxylic acid groups (broad SMARTS) is 1. The Hall–Kier alpha value is -2.61. The first-order valence-corrected chi connectivity index (χ1v) is 8.67. The Morgan fingerprint density at radius 2 is 2.15 bits per heavy atom. The third-order valence-electron chi connectivity index (χ3n) is 4.71. The van der Waals surface area contributed by atoms with Gasteiger partial charge in [0.05, 0.1) is 11.6 Å². The predicted octanol–water partition coefficient (Wildman–Crippen LogP) is 1.65. The number of carbonyl (C=O) groups is 1. The number of rotatable bonds is 6. The molecule has 3 N–H and O–H groups in total. The highest BCUT2D eigenvalue weighted by molar-refractivity contribution is 5.72. The van der Waals surface area contributed by atoms with Crippen LogP contribution in [-0.4, -0.2) is 49.8 Å². The molecular formula is C18H24N6O2. The minimum absolute atomic E-state index is 0.397. The zero-order valence-electron chi connectivity index (χ0n) is 15.2. The van der Waals surface area contributed by atoms with Crippen LogP contribution in [0.2, 0.25) is 0 Å². The van der Waals surface area contributed by atoms with Crippen molar-refractivity contribution in [2.75, 3.05) is 13.1 Å². The lowest BCUT2D eigenvalue weighted by molar-refractivity contribution is -0.146. The molecule has 1 aliphatic rings. The van der Waals surface area contributed by atoms with Gasteiger partial charge in [-0.15, -0.1) is 10.2 Å². The maximum atomic E-state index is 12.0. The molecule has 0 saturated carbocycles. The molecule has 0 aromatic carbocycles. The van der Waals surface area contributed by atoms with E-state index in [1.807, 2.05) is 39.1 Å². The molecule has 0 aliphatic carbocycles. The minimum Gasteiger partial charge on any atom is -0.481 e. The van der Waals surface area contributed by atoms with Gasteiger partial charge in [-0.25, -0.2) is 0 Å². The maximum absolute atomic E-state index is 12.0. The summed E-state index contributed by atoms with van der Waals surface area (Å²) in [5, 5.41) is 27.3. The van der Waals surface area contributed by atoms with Crippen molar-refractivity contribution < 1.29 is 9.90 Å². The molecule has 0 amide bonds. The number of aromatic nitrogens is 5. The van der Waals surface area contributed by atoms with Gasteiger partial charge in [-0.3, -0.25) is 9.78 Å². The van der Waals surface area contributed by atoms with Gasteiger partial charge < -0.3 is 10.4 Å². The summed E-state index contributed by atoms with van der Waals surface area (Å²) < 4.78 is 0. The number of carboxylic acids is 1. The molecule has 0 spiro atoms. The number of tetrazole rings is 1. The van der Waals surface area contributed by atoms with Crippen molar-refractivity contribution in [2.45, 2.75) is 33.1 Å². The van der Waals surface area contributed by atoms with E-state index in [1.54, 1.807) is 0 Å². The molecule has 0 unspecified atom stereocenters. The van der Waals surface area contributed by atoms with Gasteiger partial charge in [0.1, 0.15) is 0 Å². The Kier molecular flexibility index (Phi) is 5.13. The fourth-order valence-corrected chi connectivity index (χ4v) is 3.49. The van der Waals surface area contributed by atoms with E-state index in [-0.39, 0.29) is 0 Å². The van der Waals surface area contributed by atoms with E-state index in [2.05, 4.69) is 37.0 Å². The highest BCUT2D eigenvalue weighted by atomic mass is 16.4. The van der Waals surface area contributed by atoms with E-state index in [0.29, 0.717) is 12.2 Å². The van der Waals surface area contributed by atoms with E-state index >= 15 is 0 Å². The van der Waals surface area contributed by atoms with Gasteiger partial charge in [0.2, 0.25) is 0 Å². The Labute approximate surface area is 152 Å². The topological polar surface area (TPSA) is 117 Å². The third kappa shape index (κ3) is 3.96. The fraction of sp³-hybridized carbons (Fsp3) is 0.500. The van der Waals surface area contributed by atoms with Gasteiger partial charge in [0, 0.05) is 25.2 Å². The molecule has 8 nitrogen and oxygen atoms in total. The quantitative estimate of drug-likeness (QED) is 0.720. The second-order valence-electron chi connectivity index (χ2n) is 7.67. The smallest absolute Gasteiger partial charge is 0.307 e. The van der Waals surface area contributed by atoms with Crippen molar-refractivity contribution in [3.05, 3.63) is 41.5 Å². The second kappa shape index (κ2) is 7.33. The Morgan fingerprint density at radius 1 is 1.35 bits per heavy atom. The van der Waals surface area contributed by atoms with Crippen LogP contribution in [0.15, 0.2) is 24.4 Å². The van der Waals surface area contributed by atoms with E-state index in [1.165, 1.54) is 5.57 Å². The van der Waals surface area contributed by atoms with Gasteiger partial charge in [-0.05, 0) is 29.0 Å². The van der Waals surface area contributed by atoms with Crippen molar-refractivity contribution >= 4 is 11.5 Å². The average molecular weight is 356 g/mol. The van der Waals surface area contributed by atoms with Crippen LogP contribution in [0.1, 0.15) is 43.8 Å². The molecule has 2 aromatic heterocycles. The summed E-state index contributed by atoms with van der Waals surface area (Å²) >= 11 is 0. The van der Waals surface area contributed by atoms with E-state index in [0.717, 1.165) is 24.3 Å². The second-order valence-corrected chi connectivity index (χ2v) is 7.67. The van der Waals surface area contributed by atoms with Crippen LogP contribution < -0.4 is 5.32 Å². The lowest BCUT2D eigenvalue weighted by Crippen LogP contribution is -2.35. The molecule has 0 fully saturated rings. The summed E-state index contributed by atoms with van der Waals surface area (Å²) in [6, 6.07) is 3.98. The summed E-state index contributed by atoms with van der Waals surface area (Å²) in [6.45, 7) is 7.44. The van der Waals surface area contributed by atoms with E-state index < -0.39 is 23.2 Å². The van der Waals surface area contributed by atoms with Gasteiger partial charge in [-0.1, -0.05) is 38.1 Å². The van der Waals surface area contributed by atoms with Crippen LogP contribution >= 0.6 is 0 Å². The Morgan fingerprint density at radius 3 is 2.65 bits per heavy atom. The maximum Gasteiger partial charge on any atom is 0.307 e. The van der Waals surface area contributed by atoms with Gasteiger partial charge in [0.15, 0.2) is 5.82 Å². The summed E-state index contributed by atoms with van der Waals surface area (Å²) in [5.41, 5.74) is 2.63. The molecular weight excluding hydrogens is 332 g/mol. The van der Waals surface area contributed by atoms with Gasteiger partial charge in [0.25, 0.3) is 0 Å². The first-order valence-electron chi connectivity index (χ1n) is 8.67. The summed E-state index contributed by atoms with van der Waals surface area (Å²) in [4.78, 5) is 16.5. The molecule has 0 saturated heterocycles. The van der Waals surface area contributed by atoms with Crippen LogP contribution in [0.25, 0.3) is 5.57 Å². The molecule has 26 heavy (non-hydrogen) atoms. The largest absolute Gasteiger partial charge is 0.481 e. The number of H-pyrrole nitrogens is 1.